The van der Waals surface area contributed by atoms with Crippen LogP contribution in [0.15, 0.2) is 0 Å². The molecule has 0 bridgehead atoms. The van der Waals surface area contributed by atoms with E-state index in [1.807, 2.05) is 0 Å². The summed E-state index contributed by atoms with van der Waals surface area (Å²) in [5, 5.41) is 31.1. The number of hydrogen-bond donors (Lipinski definition) is 4. The van der Waals surface area contributed by atoms with Gasteiger partial charge in [-0.3, -0.25) is 0 Å². The fourth-order valence-electron chi connectivity index (χ4n) is 1.69. The largest absolute Gasteiger partial charge is 0.394 e. The molecular formula is C10H21NO4. The number of aliphatic hydroxyl groups is 3. The molecular weight excluding hydrogens is 198 g/mol. The fraction of sp³-hybridized carbons (Fsp3) is 1.00. The number of unbranched alkanes of at least 4 members (excludes halogenated alkanes) is 1. The van der Waals surface area contributed by atoms with Crippen molar-refractivity contribution in [1.82, 2.24) is 5.32 Å². The SMILES string of the molecule is CCCCNC[C@@H]1O[C@H](CO)[C@@H](O)[C@@H]1O. The van der Waals surface area contributed by atoms with E-state index in [1.54, 1.807) is 0 Å². The molecule has 0 aromatic rings. The second-order valence-electron chi connectivity index (χ2n) is 3.93. The minimum atomic E-state index is -0.979. The van der Waals surface area contributed by atoms with Gasteiger partial charge in [-0.2, -0.15) is 0 Å². The Balaban J connectivity index is 2.25. The first kappa shape index (κ1) is 12.9. The van der Waals surface area contributed by atoms with Gasteiger partial charge in [0.25, 0.3) is 0 Å². The summed E-state index contributed by atoms with van der Waals surface area (Å²) >= 11 is 0. The molecule has 0 radical (unpaired) electrons. The summed E-state index contributed by atoms with van der Waals surface area (Å²) in [4.78, 5) is 0. The molecule has 0 spiro atoms. The van der Waals surface area contributed by atoms with Crippen LogP contribution in [-0.2, 0) is 4.74 Å². The van der Waals surface area contributed by atoms with Gasteiger partial charge in [-0.25, -0.2) is 0 Å². The van der Waals surface area contributed by atoms with Crippen molar-refractivity contribution in [1.29, 1.82) is 0 Å². The molecule has 1 fully saturated rings. The van der Waals surface area contributed by atoms with Crippen molar-refractivity contribution in [3.8, 4) is 0 Å². The summed E-state index contributed by atoms with van der Waals surface area (Å²) in [6, 6.07) is 0. The average molecular weight is 219 g/mol. The number of aliphatic hydroxyl groups excluding tert-OH is 3. The number of ether oxygens (including phenoxy) is 1. The molecule has 0 aromatic carbocycles. The molecule has 1 saturated heterocycles. The van der Waals surface area contributed by atoms with Crippen LogP contribution < -0.4 is 5.32 Å². The standard InChI is InChI=1S/C10H21NO4/c1-2-3-4-11-5-7-9(13)10(14)8(6-12)15-7/h7-14H,2-6H2,1H3/t7-,8+,9+,10+/m0/s1. The minimum Gasteiger partial charge on any atom is -0.394 e. The lowest BCUT2D eigenvalue weighted by Crippen LogP contribution is -2.38. The van der Waals surface area contributed by atoms with Gasteiger partial charge in [-0.15, -0.1) is 0 Å². The molecule has 0 unspecified atom stereocenters. The quantitative estimate of drug-likeness (QED) is 0.424. The highest BCUT2D eigenvalue weighted by atomic mass is 16.6. The van der Waals surface area contributed by atoms with Crippen molar-refractivity contribution in [2.75, 3.05) is 19.7 Å². The zero-order valence-corrected chi connectivity index (χ0v) is 9.09. The molecule has 0 saturated carbocycles. The van der Waals surface area contributed by atoms with Crippen molar-refractivity contribution >= 4 is 0 Å². The highest BCUT2D eigenvalue weighted by Crippen LogP contribution is 2.20. The molecule has 0 aromatic heterocycles. The van der Waals surface area contributed by atoms with Crippen LogP contribution >= 0.6 is 0 Å². The number of nitrogens with one attached hydrogen (secondary N) is 1. The van der Waals surface area contributed by atoms with E-state index in [2.05, 4.69) is 12.2 Å². The lowest BCUT2D eigenvalue weighted by Gasteiger charge is -2.15. The van der Waals surface area contributed by atoms with E-state index in [9.17, 15) is 10.2 Å². The number of rotatable bonds is 6. The molecule has 15 heavy (non-hydrogen) atoms. The van der Waals surface area contributed by atoms with Crippen LogP contribution in [0.2, 0.25) is 0 Å². The Morgan fingerprint density at radius 3 is 2.40 bits per heavy atom. The summed E-state index contributed by atoms with van der Waals surface area (Å²) in [6.07, 6.45) is -0.770. The topological polar surface area (TPSA) is 82.0 Å². The maximum Gasteiger partial charge on any atom is 0.111 e. The third-order valence-electron chi connectivity index (χ3n) is 2.69. The van der Waals surface area contributed by atoms with E-state index in [-0.39, 0.29) is 6.61 Å². The first-order valence-electron chi connectivity index (χ1n) is 5.53. The van der Waals surface area contributed by atoms with Gasteiger partial charge in [0.15, 0.2) is 0 Å². The van der Waals surface area contributed by atoms with Crippen LogP contribution in [0.25, 0.3) is 0 Å². The third kappa shape index (κ3) is 3.39. The Labute approximate surface area is 90.1 Å². The van der Waals surface area contributed by atoms with E-state index in [0.717, 1.165) is 19.4 Å². The third-order valence-corrected chi connectivity index (χ3v) is 2.69. The molecule has 1 rings (SSSR count). The van der Waals surface area contributed by atoms with E-state index in [0.29, 0.717) is 6.54 Å². The zero-order valence-electron chi connectivity index (χ0n) is 9.09. The molecule has 5 nitrogen and oxygen atoms in total. The van der Waals surface area contributed by atoms with Crippen LogP contribution in [0.4, 0.5) is 0 Å². The van der Waals surface area contributed by atoms with Crippen molar-refractivity contribution in [2.24, 2.45) is 0 Å². The summed E-state index contributed by atoms with van der Waals surface area (Å²) in [5.74, 6) is 0. The predicted molar refractivity (Wildman–Crippen MR) is 55.5 cm³/mol. The van der Waals surface area contributed by atoms with E-state index in [1.165, 1.54) is 0 Å². The lowest BCUT2D eigenvalue weighted by atomic mass is 10.1. The van der Waals surface area contributed by atoms with Crippen molar-refractivity contribution < 1.29 is 20.1 Å². The van der Waals surface area contributed by atoms with Crippen LogP contribution in [0, 0.1) is 0 Å². The Bertz CT molecular complexity index is 179. The van der Waals surface area contributed by atoms with Gasteiger partial charge < -0.3 is 25.4 Å². The van der Waals surface area contributed by atoms with Gasteiger partial charge >= 0.3 is 0 Å². The summed E-state index contributed by atoms with van der Waals surface area (Å²) < 4.78 is 5.30. The van der Waals surface area contributed by atoms with Gasteiger partial charge in [-0.05, 0) is 13.0 Å². The summed E-state index contributed by atoms with van der Waals surface area (Å²) in [5.41, 5.74) is 0. The average Bonchev–Trinajstić information content (AvgIpc) is 2.52. The molecule has 90 valence electrons. The molecule has 0 amide bonds. The number of hydrogen-bond acceptors (Lipinski definition) is 5. The van der Waals surface area contributed by atoms with E-state index >= 15 is 0 Å². The Morgan fingerprint density at radius 2 is 1.87 bits per heavy atom. The van der Waals surface area contributed by atoms with Crippen LogP contribution in [0.1, 0.15) is 19.8 Å². The first-order chi connectivity index (χ1) is 7.20. The Hall–Kier alpha value is -0.200. The molecule has 1 aliphatic rings. The second-order valence-corrected chi connectivity index (χ2v) is 3.93. The van der Waals surface area contributed by atoms with Gasteiger partial charge in [-0.1, -0.05) is 13.3 Å². The normalized spacial score (nSPS) is 36.0. The second kappa shape index (κ2) is 6.40. The summed E-state index contributed by atoms with van der Waals surface area (Å²) in [6.45, 7) is 3.23. The molecule has 4 atom stereocenters. The van der Waals surface area contributed by atoms with Crippen LogP contribution in [0.3, 0.4) is 0 Å². The maximum atomic E-state index is 9.59. The summed E-state index contributed by atoms with van der Waals surface area (Å²) in [7, 11) is 0. The van der Waals surface area contributed by atoms with Crippen molar-refractivity contribution in [3.63, 3.8) is 0 Å². The molecule has 5 heteroatoms. The minimum absolute atomic E-state index is 0.260. The fourth-order valence-corrected chi connectivity index (χ4v) is 1.69. The Morgan fingerprint density at radius 1 is 1.20 bits per heavy atom. The van der Waals surface area contributed by atoms with E-state index in [4.69, 9.17) is 9.84 Å². The van der Waals surface area contributed by atoms with Crippen LogP contribution in [0.5, 0.6) is 0 Å². The highest BCUT2D eigenvalue weighted by Gasteiger charge is 2.41. The first-order valence-corrected chi connectivity index (χ1v) is 5.53. The van der Waals surface area contributed by atoms with Gasteiger partial charge in [0.2, 0.25) is 0 Å². The van der Waals surface area contributed by atoms with Gasteiger partial charge in [0, 0.05) is 6.54 Å². The van der Waals surface area contributed by atoms with Gasteiger partial charge in [0.05, 0.1) is 12.7 Å². The maximum absolute atomic E-state index is 9.59. The van der Waals surface area contributed by atoms with Gasteiger partial charge in [0.1, 0.15) is 18.3 Å². The zero-order chi connectivity index (χ0) is 11.3. The van der Waals surface area contributed by atoms with Crippen molar-refractivity contribution in [2.45, 2.75) is 44.2 Å². The van der Waals surface area contributed by atoms with Crippen molar-refractivity contribution in [3.05, 3.63) is 0 Å². The molecule has 1 aliphatic heterocycles. The lowest BCUT2D eigenvalue weighted by molar-refractivity contribution is -0.0212. The molecule has 4 N–H and O–H groups in total. The van der Waals surface area contributed by atoms with E-state index < -0.39 is 24.4 Å². The highest BCUT2D eigenvalue weighted by molar-refractivity contribution is 4.91. The molecule has 1 heterocycles. The monoisotopic (exact) mass is 219 g/mol. The molecule has 0 aliphatic carbocycles. The predicted octanol–water partition coefficient (Wildman–Crippen LogP) is -1.14. The Kier molecular flexibility index (Phi) is 5.49. The smallest absolute Gasteiger partial charge is 0.111 e. The van der Waals surface area contributed by atoms with Crippen LogP contribution in [-0.4, -0.2) is 59.4 Å².